The highest BCUT2D eigenvalue weighted by atomic mass is 14.9. The Bertz CT molecular complexity index is 339. The molecule has 1 nitrogen and oxygen atoms in total. The summed E-state index contributed by atoms with van der Waals surface area (Å²) in [7, 11) is 0. The van der Waals surface area contributed by atoms with Crippen molar-refractivity contribution < 1.29 is 0 Å². The van der Waals surface area contributed by atoms with Gasteiger partial charge in [0, 0.05) is 11.7 Å². The van der Waals surface area contributed by atoms with Crippen LogP contribution in [0.3, 0.4) is 0 Å². The van der Waals surface area contributed by atoms with Crippen LogP contribution in [0.5, 0.6) is 0 Å². The van der Waals surface area contributed by atoms with Crippen molar-refractivity contribution in [3.05, 3.63) is 29.3 Å². The van der Waals surface area contributed by atoms with Crippen molar-refractivity contribution in [2.45, 2.75) is 44.6 Å². The van der Waals surface area contributed by atoms with E-state index >= 15 is 0 Å². The summed E-state index contributed by atoms with van der Waals surface area (Å²) in [6, 6.07) is 7.68. The SMILES string of the molecule is c1cc2c(cc1NC1CCC1)CCC2. The molecule has 1 N–H and O–H groups in total. The van der Waals surface area contributed by atoms with E-state index in [1.165, 1.54) is 44.2 Å². The molecule has 1 saturated carbocycles. The monoisotopic (exact) mass is 187 g/mol. The molecule has 0 spiro atoms. The number of hydrogen-bond acceptors (Lipinski definition) is 1. The minimum atomic E-state index is 0.759. The van der Waals surface area contributed by atoms with Crippen LogP contribution in [0.25, 0.3) is 0 Å². The van der Waals surface area contributed by atoms with Gasteiger partial charge < -0.3 is 5.32 Å². The van der Waals surface area contributed by atoms with Gasteiger partial charge in [0.25, 0.3) is 0 Å². The van der Waals surface area contributed by atoms with Crippen molar-refractivity contribution in [3.8, 4) is 0 Å². The van der Waals surface area contributed by atoms with Crippen LogP contribution in [-0.4, -0.2) is 6.04 Å². The number of nitrogens with one attached hydrogen (secondary N) is 1. The van der Waals surface area contributed by atoms with Crippen LogP contribution in [0.2, 0.25) is 0 Å². The zero-order valence-corrected chi connectivity index (χ0v) is 8.55. The molecule has 2 aliphatic rings. The zero-order valence-electron chi connectivity index (χ0n) is 8.55. The Morgan fingerprint density at radius 1 is 1.00 bits per heavy atom. The maximum atomic E-state index is 3.61. The summed E-state index contributed by atoms with van der Waals surface area (Å²) in [4.78, 5) is 0. The molecular formula is C13H17N. The standard InChI is InChI=1S/C13H17N/c1-3-10-7-8-13(9-11(10)4-1)14-12-5-2-6-12/h7-9,12,14H,1-6H2. The molecule has 0 amide bonds. The van der Waals surface area contributed by atoms with Crippen molar-refractivity contribution in [1.29, 1.82) is 0 Å². The van der Waals surface area contributed by atoms with Crippen molar-refractivity contribution in [2.24, 2.45) is 0 Å². The smallest absolute Gasteiger partial charge is 0.0345 e. The fourth-order valence-electron chi connectivity index (χ4n) is 2.45. The first-order valence-electron chi connectivity index (χ1n) is 5.80. The summed E-state index contributed by atoms with van der Waals surface area (Å²) in [5.74, 6) is 0. The van der Waals surface area contributed by atoms with Crippen LogP contribution in [0, 0.1) is 0 Å². The topological polar surface area (TPSA) is 12.0 Å². The molecule has 0 aliphatic heterocycles. The Kier molecular flexibility index (Phi) is 1.97. The van der Waals surface area contributed by atoms with Gasteiger partial charge in [0.15, 0.2) is 0 Å². The predicted octanol–water partition coefficient (Wildman–Crippen LogP) is 3.14. The minimum absolute atomic E-state index is 0.759. The quantitative estimate of drug-likeness (QED) is 0.750. The van der Waals surface area contributed by atoms with Gasteiger partial charge in [-0.3, -0.25) is 0 Å². The highest BCUT2D eigenvalue weighted by Gasteiger charge is 2.17. The second-order valence-corrected chi connectivity index (χ2v) is 4.61. The Morgan fingerprint density at radius 3 is 2.64 bits per heavy atom. The first kappa shape index (κ1) is 8.34. The molecule has 0 heterocycles. The molecule has 1 aromatic rings. The van der Waals surface area contributed by atoms with E-state index in [0.29, 0.717) is 0 Å². The lowest BCUT2D eigenvalue weighted by molar-refractivity contribution is 0.445. The summed E-state index contributed by atoms with van der Waals surface area (Å²) in [5.41, 5.74) is 4.49. The second kappa shape index (κ2) is 3.30. The zero-order chi connectivity index (χ0) is 9.38. The van der Waals surface area contributed by atoms with Crippen LogP contribution in [0.1, 0.15) is 36.8 Å². The number of anilines is 1. The number of rotatable bonds is 2. The molecule has 1 aromatic carbocycles. The average Bonchev–Trinajstić information content (AvgIpc) is 2.58. The summed E-state index contributed by atoms with van der Waals surface area (Å²) < 4.78 is 0. The summed E-state index contributed by atoms with van der Waals surface area (Å²) in [6.07, 6.45) is 8.05. The molecule has 0 bridgehead atoms. The van der Waals surface area contributed by atoms with Crippen molar-refractivity contribution in [3.63, 3.8) is 0 Å². The first-order chi connectivity index (χ1) is 6.92. The molecular weight excluding hydrogens is 170 g/mol. The fraction of sp³-hybridized carbons (Fsp3) is 0.538. The first-order valence-corrected chi connectivity index (χ1v) is 5.80. The van der Waals surface area contributed by atoms with E-state index in [0.717, 1.165) is 6.04 Å². The van der Waals surface area contributed by atoms with Gasteiger partial charge in [-0.2, -0.15) is 0 Å². The molecule has 0 radical (unpaired) electrons. The van der Waals surface area contributed by atoms with Gasteiger partial charge in [-0.25, -0.2) is 0 Å². The second-order valence-electron chi connectivity index (χ2n) is 4.61. The number of fused-ring (bicyclic) bond motifs is 1. The molecule has 0 unspecified atom stereocenters. The van der Waals surface area contributed by atoms with Gasteiger partial charge in [0.1, 0.15) is 0 Å². The van der Waals surface area contributed by atoms with Crippen LogP contribution < -0.4 is 5.32 Å². The van der Waals surface area contributed by atoms with E-state index in [2.05, 4.69) is 23.5 Å². The van der Waals surface area contributed by atoms with E-state index in [-0.39, 0.29) is 0 Å². The van der Waals surface area contributed by atoms with E-state index in [1.54, 1.807) is 11.1 Å². The van der Waals surface area contributed by atoms with Gasteiger partial charge in [0.2, 0.25) is 0 Å². The predicted molar refractivity (Wildman–Crippen MR) is 59.7 cm³/mol. The largest absolute Gasteiger partial charge is 0.382 e. The van der Waals surface area contributed by atoms with Crippen LogP contribution in [0.4, 0.5) is 5.69 Å². The number of aryl methyl sites for hydroxylation is 2. The Hall–Kier alpha value is -0.980. The van der Waals surface area contributed by atoms with Crippen molar-refractivity contribution in [1.82, 2.24) is 0 Å². The third-order valence-electron chi connectivity index (χ3n) is 3.57. The summed E-state index contributed by atoms with van der Waals surface area (Å²) in [6.45, 7) is 0. The van der Waals surface area contributed by atoms with E-state index < -0.39 is 0 Å². The van der Waals surface area contributed by atoms with E-state index in [9.17, 15) is 0 Å². The van der Waals surface area contributed by atoms with Gasteiger partial charge in [-0.05, 0) is 61.8 Å². The van der Waals surface area contributed by atoms with Crippen LogP contribution in [0.15, 0.2) is 18.2 Å². The maximum absolute atomic E-state index is 3.61. The summed E-state index contributed by atoms with van der Waals surface area (Å²) in [5, 5.41) is 3.61. The van der Waals surface area contributed by atoms with E-state index in [4.69, 9.17) is 0 Å². The lowest BCUT2D eigenvalue weighted by atomic mass is 9.93. The number of benzene rings is 1. The minimum Gasteiger partial charge on any atom is -0.382 e. The maximum Gasteiger partial charge on any atom is 0.0345 e. The Balaban J connectivity index is 1.78. The molecule has 0 aromatic heterocycles. The normalized spacial score (nSPS) is 20.3. The molecule has 2 aliphatic carbocycles. The van der Waals surface area contributed by atoms with Crippen LogP contribution in [-0.2, 0) is 12.8 Å². The molecule has 0 atom stereocenters. The third-order valence-corrected chi connectivity index (χ3v) is 3.57. The fourth-order valence-corrected chi connectivity index (χ4v) is 2.45. The van der Waals surface area contributed by atoms with Gasteiger partial charge in [-0.15, -0.1) is 0 Å². The molecule has 0 saturated heterocycles. The highest BCUT2D eigenvalue weighted by molar-refractivity contribution is 5.50. The molecule has 14 heavy (non-hydrogen) atoms. The summed E-state index contributed by atoms with van der Waals surface area (Å²) >= 11 is 0. The number of hydrogen-bond donors (Lipinski definition) is 1. The van der Waals surface area contributed by atoms with E-state index in [1.807, 2.05) is 0 Å². The lowest BCUT2D eigenvalue weighted by Gasteiger charge is -2.27. The lowest BCUT2D eigenvalue weighted by Crippen LogP contribution is -2.26. The van der Waals surface area contributed by atoms with Gasteiger partial charge >= 0.3 is 0 Å². The van der Waals surface area contributed by atoms with Gasteiger partial charge in [-0.1, -0.05) is 6.07 Å². The Labute approximate surface area is 85.5 Å². The molecule has 1 fully saturated rings. The molecule has 74 valence electrons. The molecule has 3 rings (SSSR count). The van der Waals surface area contributed by atoms with Crippen molar-refractivity contribution >= 4 is 5.69 Å². The average molecular weight is 187 g/mol. The highest BCUT2D eigenvalue weighted by Crippen LogP contribution is 2.28. The van der Waals surface area contributed by atoms with Crippen LogP contribution >= 0.6 is 0 Å². The molecule has 1 heteroatoms. The van der Waals surface area contributed by atoms with Crippen molar-refractivity contribution in [2.75, 3.05) is 5.32 Å². The Morgan fingerprint density at radius 2 is 1.86 bits per heavy atom. The third kappa shape index (κ3) is 1.41. The van der Waals surface area contributed by atoms with Gasteiger partial charge in [0.05, 0.1) is 0 Å².